The van der Waals surface area contributed by atoms with Gasteiger partial charge in [0.2, 0.25) is 0 Å². The van der Waals surface area contributed by atoms with Crippen molar-refractivity contribution < 1.29 is 4.42 Å². The Kier molecular flexibility index (Phi) is 3.44. The zero-order valence-corrected chi connectivity index (χ0v) is 14.1. The Morgan fingerprint density at radius 3 is 1.58 bits per heavy atom. The lowest BCUT2D eigenvalue weighted by Crippen LogP contribution is -1.84. The van der Waals surface area contributed by atoms with Crippen molar-refractivity contribution in [1.82, 2.24) is 0 Å². The summed E-state index contributed by atoms with van der Waals surface area (Å²) < 4.78 is 6.20. The Morgan fingerprint density at radius 2 is 1.21 bits per heavy atom. The maximum absolute atomic E-state index is 6.20. The second-order valence-electron chi connectivity index (χ2n) is 4.84. The van der Waals surface area contributed by atoms with Crippen LogP contribution in [0, 0.1) is 13.8 Å². The molecule has 0 aliphatic heterocycles. The van der Waals surface area contributed by atoms with Crippen molar-refractivity contribution in [1.29, 1.82) is 0 Å². The number of hydrogen-bond acceptors (Lipinski definition) is 1. The predicted molar refractivity (Wildman–Crippen MR) is 88.5 cm³/mol. The monoisotopic (exact) mass is 380 g/mol. The number of furan rings is 1. The summed E-state index contributed by atoms with van der Waals surface area (Å²) in [4.78, 5) is 0. The lowest BCUT2D eigenvalue weighted by atomic mass is 10.0. The molecule has 0 saturated carbocycles. The Morgan fingerprint density at radius 1 is 0.789 bits per heavy atom. The second kappa shape index (κ2) is 4.95. The van der Waals surface area contributed by atoms with Crippen LogP contribution in [0.3, 0.4) is 0 Å². The normalized spacial score (nSPS) is 11.6. The molecule has 19 heavy (non-hydrogen) atoms. The van der Waals surface area contributed by atoms with Gasteiger partial charge in [-0.1, -0.05) is 56.1 Å². The van der Waals surface area contributed by atoms with Gasteiger partial charge in [0, 0.05) is 32.6 Å². The summed E-state index contributed by atoms with van der Waals surface area (Å²) in [5.41, 5.74) is 7.04. The van der Waals surface area contributed by atoms with E-state index in [0.717, 1.165) is 21.8 Å². The van der Waals surface area contributed by atoms with Gasteiger partial charge in [-0.25, -0.2) is 0 Å². The van der Waals surface area contributed by atoms with Crippen LogP contribution in [0.1, 0.15) is 22.3 Å². The molecule has 0 bridgehead atoms. The number of alkyl halides is 2. The minimum atomic E-state index is 0.818. The molecule has 3 aromatic rings. The third-order valence-electron chi connectivity index (χ3n) is 3.75. The van der Waals surface area contributed by atoms with E-state index in [-0.39, 0.29) is 0 Å². The summed E-state index contributed by atoms with van der Waals surface area (Å²) in [6.45, 7) is 4.25. The molecule has 98 valence electrons. The SMILES string of the molecule is Cc1ccc2c(oc3c(CBr)c(C)ccc32)c1CBr. The van der Waals surface area contributed by atoms with E-state index < -0.39 is 0 Å². The van der Waals surface area contributed by atoms with E-state index in [0.29, 0.717) is 0 Å². The minimum absolute atomic E-state index is 0.818. The van der Waals surface area contributed by atoms with Crippen molar-refractivity contribution in [3.63, 3.8) is 0 Å². The van der Waals surface area contributed by atoms with Crippen LogP contribution in [0.2, 0.25) is 0 Å². The molecular formula is C16H14Br2O. The smallest absolute Gasteiger partial charge is 0.139 e. The Balaban J connectivity index is 2.51. The Hall–Kier alpha value is -0.800. The van der Waals surface area contributed by atoms with Gasteiger partial charge in [0.15, 0.2) is 0 Å². The lowest BCUT2D eigenvalue weighted by Gasteiger charge is -2.01. The van der Waals surface area contributed by atoms with E-state index in [1.807, 2.05) is 0 Å². The van der Waals surface area contributed by atoms with Crippen LogP contribution in [-0.4, -0.2) is 0 Å². The molecule has 0 amide bonds. The van der Waals surface area contributed by atoms with Gasteiger partial charge in [-0.3, -0.25) is 0 Å². The predicted octanol–water partition coefficient (Wildman–Crippen LogP) is 5.99. The number of aryl methyl sites for hydroxylation is 2. The summed E-state index contributed by atoms with van der Waals surface area (Å²) in [5.74, 6) is 0. The van der Waals surface area contributed by atoms with Gasteiger partial charge in [0.05, 0.1) is 0 Å². The van der Waals surface area contributed by atoms with Crippen LogP contribution >= 0.6 is 31.9 Å². The van der Waals surface area contributed by atoms with Crippen molar-refractivity contribution >= 4 is 53.8 Å². The van der Waals surface area contributed by atoms with Crippen LogP contribution in [0.25, 0.3) is 21.9 Å². The van der Waals surface area contributed by atoms with Crippen LogP contribution < -0.4 is 0 Å². The Bertz CT molecular complexity index is 707. The van der Waals surface area contributed by atoms with Crippen LogP contribution in [0.4, 0.5) is 0 Å². The number of benzene rings is 2. The van der Waals surface area contributed by atoms with Crippen LogP contribution in [-0.2, 0) is 10.7 Å². The molecule has 0 unspecified atom stereocenters. The maximum atomic E-state index is 6.20. The molecular weight excluding hydrogens is 368 g/mol. The first-order chi connectivity index (χ1) is 9.17. The van der Waals surface area contributed by atoms with Crippen LogP contribution in [0.15, 0.2) is 28.7 Å². The number of halogens is 2. The first-order valence-electron chi connectivity index (χ1n) is 6.22. The minimum Gasteiger partial charge on any atom is -0.455 e. The molecule has 1 nitrogen and oxygen atoms in total. The topological polar surface area (TPSA) is 13.1 Å². The molecule has 1 heterocycles. The average Bonchev–Trinajstić information content (AvgIpc) is 2.77. The number of rotatable bonds is 2. The molecule has 0 spiro atoms. The van der Waals surface area contributed by atoms with Gasteiger partial charge >= 0.3 is 0 Å². The van der Waals surface area contributed by atoms with E-state index in [2.05, 4.69) is 70.0 Å². The van der Waals surface area contributed by atoms with Crippen molar-refractivity contribution in [3.05, 3.63) is 46.5 Å². The van der Waals surface area contributed by atoms with Gasteiger partial charge in [-0.15, -0.1) is 0 Å². The second-order valence-corrected chi connectivity index (χ2v) is 5.97. The third-order valence-corrected chi connectivity index (χ3v) is 4.87. The highest BCUT2D eigenvalue weighted by Gasteiger charge is 2.15. The highest BCUT2D eigenvalue weighted by atomic mass is 79.9. The molecule has 0 radical (unpaired) electrons. The zero-order valence-electron chi connectivity index (χ0n) is 10.9. The van der Waals surface area contributed by atoms with E-state index in [4.69, 9.17) is 4.42 Å². The van der Waals surface area contributed by atoms with Crippen molar-refractivity contribution in [2.75, 3.05) is 0 Å². The molecule has 0 fully saturated rings. The molecule has 0 saturated heterocycles. The fourth-order valence-electron chi connectivity index (χ4n) is 2.54. The average molecular weight is 382 g/mol. The largest absolute Gasteiger partial charge is 0.455 e. The van der Waals surface area contributed by atoms with E-state index in [9.17, 15) is 0 Å². The van der Waals surface area contributed by atoms with Crippen molar-refractivity contribution in [2.45, 2.75) is 24.5 Å². The molecule has 3 rings (SSSR count). The first-order valence-corrected chi connectivity index (χ1v) is 8.46. The molecule has 1 aromatic heterocycles. The van der Waals surface area contributed by atoms with Gasteiger partial charge in [-0.05, 0) is 25.0 Å². The van der Waals surface area contributed by atoms with Crippen molar-refractivity contribution in [3.8, 4) is 0 Å². The fourth-order valence-corrected chi connectivity index (χ4v) is 3.94. The summed E-state index contributed by atoms with van der Waals surface area (Å²) >= 11 is 7.13. The first kappa shape index (κ1) is 13.2. The zero-order chi connectivity index (χ0) is 13.6. The van der Waals surface area contributed by atoms with E-state index in [1.54, 1.807) is 0 Å². The summed E-state index contributed by atoms with van der Waals surface area (Å²) in [6.07, 6.45) is 0. The summed E-state index contributed by atoms with van der Waals surface area (Å²) in [6, 6.07) is 8.66. The number of hydrogen-bond donors (Lipinski definition) is 0. The molecule has 0 aliphatic rings. The third kappa shape index (κ3) is 1.95. The van der Waals surface area contributed by atoms with Gasteiger partial charge in [0.1, 0.15) is 11.2 Å². The molecule has 0 atom stereocenters. The maximum Gasteiger partial charge on any atom is 0.139 e. The highest BCUT2D eigenvalue weighted by molar-refractivity contribution is 9.08. The van der Waals surface area contributed by atoms with E-state index in [1.165, 1.54) is 33.0 Å². The summed E-state index contributed by atoms with van der Waals surface area (Å²) in [7, 11) is 0. The number of fused-ring (bicyclic) bond motifs is 3. The lowest BCUT2D eigenvalue weighted by molar-refractivity contribution is 0.661. The van der Waals surface area contributed by atoms with Gasteiger partial charge in [0.25, 0.3) is 0 Å². The molecule has 2 aromatic carbocycles. The van der Waals surface area contributed by atoms with Crippen molar-refractivity contribution in [2.24, 2.45) is 0 Å². The molecule has 0 aliphatic carbocycles. The fraction of sp³-hybridized carbons (Fsp3) is 0.250. The standard InChI is InChI=1S/C16H14Br2O/c1-9-3-5-11-12-6-4-10(2)14(8-18)16(12)19-15(11)13(9)7-17/h3-6H,7-8H2,1-2H3. The van der Waals surface area contributed by atoms with Crippen LogP contribution in [0.5, 0.6) is 0 Å². The Labute approximate surface area is 129 Å². The van der Waals surface area contributed by atoms with E-state index >= 15 is 0 Å². The summed E-state index contributed by atoms with van der Waals surface area (Å²) in [5, 5.41) is 4.05. The van der Waals surface area contributed by atoms with Gasteiger partial charge in [-0.2, -0.15) is 0 Å². The highest BCUT2D eigenvalue weighted by Crippen LogP contribution is 2.36. The molecule has 0 N–H and O–H groups in total. The van der Waals surface area contributed by atoms with Gasteiger partial charge < -0.3 is 4.42 Å². The quantitative estimate of drug-likeness (QED) is 0.496. The molecule has 3 heteroatoms.